The minimum absolute atomic E-state index is 0.0820. The molecule has 7 nitrogen and oxygen atoms in total. The van der Waals surface area contributed by atoms with Gasteiger partial charge in [-0.2, -0.15) is 4.98 Å². The van der Waals surface area contributed by atoms with E-state index in [0.717, 1.165) is 22.7 Å². The summed E-state index contributed by atoms with van der Waals surface area (Å²) in [5.41, 5.74) is -0.676. The van der Waals surface area contributed by atoms with Crippen LogP contribution >= 0.6 is 0 Å². The molecule has 22 heavy (non-hydrogen) atoms. The van der Waals surface area contributed by atoms with Crippen LogP contribution in [0.2, 0.25) is 0 Å². The van der Waals surface area contributed by atoms with Gasteiger partial charge >= 0.3 is 17.1 Å². The van der Waals surface area contributed by atoms with Crippen LogP contribution in [-0.2, 0) is 6.61 Å². The number of hydrogen-bond donors (Lipinski definition) is 1. The maximum absolute atomic E-state index is 11.5. The highest BCUT2D eigenvalue weighted by Gasteiger charge is 2.22. The second-order valence-corrected chi connectivity index (χ2v) is 4.57. The van der Waals surface area contributed by atoms with Gasteiger partial charge in [0.25, 0.3) is 0 Å². The molecule has 3 rings (SSSR count). The molecule has 3 aromatic rings. The molecule has 2 aromatic carbocycles. The van der Waals surface area contributed by atoms with Crippen LogP contribution in [-0.4, -0.2) is 14.9 Å². The Balaban J connectivity index is 1.94. The molecule has 0 aliphatic rings. The number of nitrogens with one attached hydrogen (secondary N) is 1. The lowest BCUT2D eigenvalue weighted by molar-refractivity contribution is -0.387. The smallest absolute Gasteiger partial charge is 0.395 e. The summed E-state index contributed by atoms with van der Waals surface area (Å²) >= 11 is 0. The third kappa shape index (κ3) is 2.51. The molecule has 1 N–H and O–H groups in total. The van der Waals surface area contributed by atoms with E-state index >= 15 is 0 Å². The van der Waals surface area contributed by atoms with E-state index in [4.69, 9.17) is 4.74 Å². The Morgan fingerprint density at radius 2 is 1.95 bits per heavy atom. The van der Waals surface area contributed by atoms with E-state index in [-0.39, 0.29) is 12.5 Å². The molecule has 110 valence electrons. The number of hydrogen-bond acceptors (Lipinski definition) is 5. The summed E-state index contributed by atoms with van der Waals surface area (Å²) in [5.74, 6) is -0.290. The topological polar surface area (TPSA) is 98.1 Å². The highest BCUT2D eigenvalue weighted by molar-refractivity contribution is 5.85. The highest BCUT2D eigenvalue weighted by atomic mass is 16.6. The maximum atomic E-state index is 11.5. The monoisotopic (exact) mass is 297 g/mol. The fourth-order valence-electron chi connectivity index (χ4n) is 2.21. The van der Waals surface area contributed by atoms with Crippen LogP contribution < -0.4 is 10.3 Å². The van der Waals surface area contributed by atoms with Crippen LogP contribution in [0.5, 0.6) is 5.88 Å². The quantitative estimate of drug-likeness (QED) is 0.589. The van der Waals surface area contributed by atoms with Gasteiger partial charge < -0.3 is 9.72 Å². The first kappa shape index (κ1) is 13.7. The maximum Gasteiger partial charge on any atom is 0.395 e. The fraction of sp³-hybridized carbons (Fsp3) is 0.0667. The Morgan fingerprint density at radius 1 is 1.18 bits per heavy atom. The number of nitrogens with zero attached hydrogens (tertiary/aromatic N) is 2. The Bertz CT molecular complexity index is 899. The third-order valence-electron chi connectivity index (χ3n) is 3.22. The lowest BCUT2D eigenvalue weighted by Crippen LogP contribution is -2.14. The largest absolute Gasteiger partial charge is 0.468 e. The second-order valence-electron chi connectivity index (χ2n) is 4.57. The van der Waals surface area contributed by atoms with Gasteiger partial charge in [-0.05, 0) is 16.3 Å². The van der Waals surface area contributed by atoms with Gasteiger partial charge in [0, 0.05) is 0 Å². The Kier molecular flexibility index (Phi) is 3.53. The molecule has 0 radical (unpaired) electrons. The van der Waals surface area contributed by atoms with Crippen molar-refractivity contribution in [1.82, 2.24) is 9.97 Å². The van der Waals surface area contributed by atoms with Gasteiger partial charge in [-0.1, -0.05) is 42.5 Å². The lowest BCUT2D eigenvalue weighted by atomic mass is 10.1. The van der Waals surface area contributed by atoms with Gasteiger partial charge in [0.15, 0.2) is 0 Å². The third-order valence-corrected chi connectivity index (χ3v) is 3.22. The van der Waals surface area contributed by atoms with Gasteiger partial charge in [-0.25, -0.2) is 0 Å². The number of ether oxygens (including phenoxy) is 1. The SMILES string of the molecule is O=c1[nH]cnc(OCc2cccc3ccccc23)c1[N+](=O)[O-]. The van der Waals surface area contributed by atoms with Gasteiger partial charge in [-0.3, -0.25) is 14.9 Å². The zero-order valence-corrected chi connectivity index (χ0v) is 11.4. The van der Waals surface area contributed by atoms with Crippen molar-refractivity contribution in [1.29, 1.82) is 0 Å². The van der Waals surface area contributed by atoms with Crippen LogP contribution in [0.1, 0.15) is 5.56 Å². The molecule has 0 bridgehead atoms. The number of benzene rings is 2. The van der Waals surface area contributed by atoms with Crippen LogP contribution in [0.25, 0.3) is 10.8 Å². The number of H-pyrrole nitrogens is 1. The summed E-state index contributed by atoms with van der Waals surface area (Å²) in [4.78, 5) is 27.5. The van der Waals surface area contributed by atoms with Crippen molar-refractivity contribution in [2.24, 2.45) is 0 Å². The predicted molar refractivity (Wildman–Crippen MR) is 79.8 cm³/mol. The molecule has 0 amide bonds. The number of fused-ring (bicyclic) bond motifs is 1. The molecule has 0 saturated carbocycles. The molecule has 0 atom stereocenters. The predicted octanol–water partition coefficient (Wildman–Crippen LogP) is 2.41. The number of aromatic amines is 1. The molecule has 0 aliphatic carbocycles. The molecular weight excluding hydrogens is 286 g/mol. The first-order chi connectivity index (χ1) is 10.7. The van der Waals surface area contributed by atoms with E-state index in [1.807, 2.05) is 42.5 Å². The van der Waals surface area contributed by atoms with Crippen LogP contribution in [0.4, 0.5) is 5.69 Å². The van der Waals surface area contributed by atoms with Crippen molar-refractivity contribution in [2.75, 3.05) is 0 Å². The van der Waals surface area contributed by atoms with E-state index in [1.165, 1.54) is 0 Å². The standard InChI is InChI=1S/C15H11N3O4/c19-14-13(18(20)21)15(17-9-16-14)22-8-11-6-3-5-10-4-1-2-7-12(10)11/h1-7,9H,8H2,(H,16,17,19). The molecular formula is C15H11N3O4. The fourth-order valence-corrected chi connectivity index (χ4v) is 2.21. The summed E-state index contributed by atoms with van der Waals surface area (Å²) < 4.78 is 5.40. The summed E-state index contributed by atoms with van der Waals surface area (Å²) in [6, 6.07) is 13.4. The highest BCUT2D eigenvalue weighted by Crippen LogP contribution is 2.22. The van der Waals surface area contributed by atoms with Crippen molar-refractivity contribution < 1.29 is 9.66 Å². The van der Waals surface area contributed by atoms with Crippen molar-refractivity contribution >= 4 is 16.5 Å². The minimum Gasteiger partial charge on any atom is -0.468 e. The van der Waals surface area contributed by atoms with Crippen LogP contribution in [0.3, 0.4) is 0 Å². The van der Waals surface area contributed by atoms with E-state index in [1.54, 1.807) is 0 Å². The summed E-state index contributed by atoms with van der Waals surface area (Å²) in [7, 11) is 0. The summed E-state index contributed by atoms with van der Waals surface area (Å²) in [6.07, 6.45) is 1.08. The van der Waals surface area contributed by atoms with Crippen molar-refractivity contribution in [2.45, 2.75) is 6.61 Å². The molecule has 0 fully saturated rings. The molecule has 0 aliphatic heterocycles. The van der Waals surface area contributed by atoms with Gasteiger partial charge in [0.1, 0.15) is 6.61 Å². The van der Waals surface area contributed by atoms with E-state index in [0.29, 0.717) is 0 Å². The van der Waals surface area contributed by atoms with Gasteiger partial charge in [-0.15, -0.1) is 0 Å². The Labute approximate surface area is 124 Å². The summed E-state index contributed by atoms with van der Waals surface area (Å²) in [6.45, 7) is 0.0820. The molecule has 0 spiro atoms. The van der Waals surface area contributed by atoms with E-state index in [9.17, 15) is 14.9 Å². The van der Waals surface area contributed by atoms with Crippen molar-refractivity contribution in [3.63, 3.8) is 0 Å². The molecule has 0 saturated heterocycles. The average molecular weight is 297 g/mol. The molecule has 7 heteroatoms. The first-order valence-corrected chi connectivity index (χ1v) is 6.48. The molecule has 1 aromatic heterocycles. The molecule has 1 heterocycles. The van der Waals surface area contributed by atoms with Crippen LogP contribution in [0.15, 0.2) is 53.6 Å². The van der Waals surface area contributed by atoms with Gasteiger partial charge in [0.2, 0.25) is 0 Å². The van der Waals surface area contributed by atoms with Crippen molar-refractivity contribution in [3.8, 4) is 5.88 Å². The summed E-state index contributed by atoms with van der Waals surface area (Å²) in [5, 5.41) is 13.0. The zero-order valence-electron chi connectivity index (χ0n) is 11.4. The second kappa shape index (κ2) is 5.65. The number of nitro groups is 1. The van der Waals surface area contributed by atoms with Gasteiger partial charge in [0.05, 0.1) is 11.3 Å². The van der Waals surface area contributed by atoms with E-state index < -0.39 is 16.2 Å². The first-order valence-electron chi connectivity index (χ1n) is 6.48. The number of rotatable bonds is 4. The minimum atomic E-state index is -0.840. The average Bonchev–Trinajstić information content (AvgIpc) is 2.52. The van der Waals surface area contributed by atoms with Crippen molar-refractivity contribution in [3.05, 3.63) is 74.8 Å². The lowest BCUT2D eigenvalue weighted by Gasteiger charge is -2.08. The Hall–Kier alpha value is -3.22. The Morgan fingerprint density at radius 3 is 2.77 bits per heavy atom. The number of aromatic nitrogens is 2. The van der Waals surface area contributed by atoms with E-state index in [2.05, 4.69) is 9.97 Å². The van der Waals surface area contributed by atoms with Crippen LogP contribution in [0, 0.1) is 10.1 Å². The molecule has 0 unspecified atom stereocenters. The normalized spacial score (nSPS) is 10.5. The zero-order chi connectivity index (χ0) is 15.5.